The van der Waals surface area contributed by atoms with Crippen LogP contribution < -0.4 is 9.47 Å². The molecule has 1 aliphatic rings. The molecule has 10 heteroatoms. The number of carbonyl (C=O) groups is 1. The lowest BCUT2D eigenvalue weighted by Gasteiger charge is -2.34. The van der Waals surface area contributed by atoms with Gasteiger partial charge in [0.2, 0.25) is 5.91 Å². The van der Waals surface area contributed by atoms with Gasteiger partial charge < -0.3 is 14.4 Å². The number of benzene rings is 1. The SMILES string of the molecule is COc1cc(/C=C/C(=O)N2CCN(CCS(C)(=O)=O)CC2)ccc1OC(F)F. The fourth-order valence-corrected chi connectivity index (χ4v) is 3.33. The van der Waals surface area contributed by atoms with E-state index in [1.54, 1.807) is 17.0 Å². The van der Waals surface area contributed by atoms with Crippen molar-refractivity contribution >= 4 is 21.8 Å². The maximum atomic E-state index is 12.4. The van der Waals surface area contributed by atoms with Crippen LogP contribution in [0.25, 0.3) is 6.08 Å². The van der Waals surface area contributed by atoms with Crippen LogP contribution in [-0.4, -0.2) is 82.6 Å². The smallest absolute Gasteiger partial charge is 0.387 e. The maximum Gasteiger partial charge on any atom is 0.387 e. The third-order valence-electron chi connectivity index (χ3n) is 4.28. The average Bonchev–Trinajstić information content (AvgIpc) is 2.64. The van der Waals surface area contributed by atoms with E-state index < -0.39 is 16.4 Å². The monoisotopic (exact) mass is 418 g/mol. The van der Waals surface area contributed by atoms with Crippen LogP contribution in [0.5, 0.6) is 11.5 Å². The van der Waals surface area contributed by atoms with Crippen molar-refractivity contribution in [1.29, 1.82) is 0 Å². The van der Waals surface area contributed by atoms with Gasteiger partial charge in [0.05, 0.1) is 12.9 Å². The largest absolute Gasteiger partial charge is 0.493 e. The first-order valence-corrected chi connectivity index (χ1v) is 10.7. The van der Waals surface area contributed by atoms with Crippen LogP contribution in [0, 0.1) is 0 Å². The molecule has 2 rings (SSSR count). The van der Waals surface area contributed by atoms with E-state index in [9.17, 15) is 22.0 Å². The molecule has 1 fully saturated rings. The summed E-state index contributed by atoms with van der Waals surface area (Å²) < 4.78 is 56.6. The van der Waals surface area contributed by atoms with Crippen molar-refractivity contribution in [3.8, 4) is 11.5 Å². The Morgan fingerprint density at radius 1 is 1.21 bits per heavy atom. The van der Waals surface area contributed by atoms with E-state index in [2.05, 4.69) is 4.74 Å². The number of methoxy groups -OCH3 is 1. The summed E-state index contributed by atoms with van der Waals surface area (Å²) in [5, 5.41) is 0. The first kappa shape index (κ1) is 22.1. The second kappa shape index (κ2) is 9.83. The number of rotatable bonds is 8. The summed E-state index contributed by atoms with van der Waals surface area (Å²) in [5.41, 5.74) is 0.610. The highest BCUT2D eigenvalue weighted by atomic mass is 32.2. The highest BCUT2D eigenvalue weighted by molar-refractivity contribution is 7.90. The predicted molar refractivity (Wildman–Crippen MR) is 101 cm³/mol. The molecule has 28 heavy (non-hydrogen) atoms. The molecule has 1 heterocycles. The first-order valence-electron chi connectivity index (χ1n) is 8.68. The van der Waals surface area contributed by atoms with Gasteiger partial charge in [0, 0.05) is 45.1 Å². The predicted octanol–water partition coefficient (Wildman–Crippen LogP) is 1.50. The molecule has 0 N–H and O–H groups in total. The zero-order valence-electron chi connectivity index (χ0n) is 15.8. The van der Waals surface area contributed by atoms with Gasteiger partial charge >= 0.3 is 6.61 Å². The molecule has 1 aromatic rings. The molecule has 0 aliphatic carbocycles. The van der Waals surface area contributed by atoms with Crippen LogP contribution in [0.3, 0.4) is 0 Å². The number of alkyl halides is 2. The van der Waals surface area contributed by atoms with Crippen LogP contribution in [0.15, 0.2) is 24.3 Å². The fraction of sp³-hybridized carbons (Fsp3) is 0.500. The van der Waals surface area contributed by atoms with Gasteiger partial charge in [0.15, 0.2) is 11.5 Å². The number of amides is 1. The Morgan fingerprint density at radius 3 is 2.46 bits per heavy atom. The summed E-state index contributed by atoms with van der Waals surface area (Å²) in [4.78, 5) is 16.0. The molecule has 1 saturated heterocycles. The molecule has 0 atom stereocenters. The van der Waals surface area contributed by atoms with Crippen LogP contribution in [0.1, 0.15) is 5.56 Å². The quantitative estimate of drug-likeness (QED) is 0.596. The summed E-state index contributed by atoms with van der Waals surface area (Å²) in [6.07, 6.45) is 4.19. The van der Waals surface area contributed by atoms with Gasteiger partial charge in [-0.05, 0) is 23.8 Å². The van der Waals surface area contributed by atoms with E-state index in [0.29, 0.717) is 38.3 Å². The Bertz CT molecular complexity index is 806. The maximum absolute atomic E-state index is 12.4. The Kier molecular flexibility index (Phi) is 7.76. The van der Waals surface area contributed by atoms with Crippen LogP contribution in [0.4, 0.5) is 8.78 Å². The molecule has 1 aromatic carbocycles. The molecule has 0 radical (unpaired) electrons. The van der Waals surface area contributed by atoms with E-state index in [-0.39, 0.29) is 23.2 Å². The summed E-state index contributed by atoms with van der Waals surface area (Å²) in [6.45, 7) is -0.239. The zero-order valence-corrected chi connectivity index (χ0v) is 16.6. The number of halogens is 2. The van der Waals surface area contributed by atoms with Crippen molar-refractivity contribution in [2.45, 2.75) is 6.61 Å². The fourth-order valence-electron chi connectivity index (χ4n) is 2.74. The van der Waals surface area contributed by atoms with Crippen molar-refractivity contribution in [2.75, 3.05) is 51.8 Å². The van der Waals surface area contributed by atoms with Crippen molar-refractivity contribution in [1.82, 2.24) is 9.80 Å². The third-order valence-corrected chi connectivity index (χ3v) is 5.21. The minimum atomic E-state index is -3.00. The Hall–Kier alpha value is -2.20. The molecule has 0 bridgehead atoms. The van der Waals surface area contributed by atoms with Crippen molar-refractivity contribution in [3.63, 3.8) is 0 Å². The van der Waals surface area contributed by atoms with E-state index in [4.69, 9.17) is 4.74 Å². The number of nitrogens with zero attached hydrogens (tertiary/aromatic N) is 2. The lowest BCUT2D eigenvalue weighted by Crippen LogP contribution is -2.49. The van der Waals surface area contributed by atoms with E-state index in [1.807, 2.05) is 4.90 Å². The average molecular weight is 418 g/mol. The Labute approximate surface area is 163 Å². The Morgan fingerprint density at radius 2 is 1.89 bits per heavy atom. The van der Waals surface area contributed by atoms with E-state index in [0.717, 1.165) is 0 Å². The Balaban J connectivity index is 1.90. The minimum absolute atomic E-state index is 0.0776. The first-order chi connectivity index (χ1) is 13.2. The van der Waals surface area contributed by atoms with Gasteiger partial charge in [-0.2, -0.15) is 8.78 Å². The normalized spacial score (nSPS) is 16.0. The van der Waals surface area contributed by atoms with Gasteiger partial charge in [-0.25, -0.2) is 8.42 Å². The second-order valence-corrected chi connectivity index (χ2v) is 8.68. The number of hydrogen-bond donors (Lipinski definition) is 0. The molecular weight excluding hydrogens is 394 g/mol. The molecule has 1 aliphatic heterocycles. The van der Waals surface area contributed by atoms with Crippen molar-refractivity contribution < 1.29 is 31.5 Å². The number of hydrogen-bond acceptors (Lipinski definition) is 6. The van der Waals surface area contributed by atoms with Gasteiger partial charge in [-0.15, -0.1) is 0 Å². The van der Waals surface area contributed by atoms with Crippen LogP contribution >= 0.6 is 0 Å². The lowest BCUT2D eigenvalue weighted by molar-refractivity contribution is -0.127. The third kappa shape index (κ3) is 7.08. The topological polar surface area (TPSA) is 76.2 Å². The standard InChI is InChI=1S/C18H24F2N2O5S/c1-26-16-13-14(3-5-15(16)27-18(19)20)4-6-17(23)22-9-7-21(8-10-22)11-12-28(2,24)25/h3-6,13,18H,7-12H2,1-2H3/b6-4+. The summed E-state index contributed by atoms with van der Waals surface area (Å²) >= 11 is 0. The van der Waals surface area contributed by atoms with Gasteiger partial charge in [-0.3, -0.25) is 9.69 Å². The van der Waals surface area contributed by atoms with Crippen molar-refractivity contribution in [2.24, 2.45) is 0 Å². The van der Waals surface area contributed by atoms with E-state index >= 15 is 0 Å². The molecule has 156 valence electrons. The number of carbonyl (C=O) groups excluding carboxylic acids is 1. The number of ether oxygens (including phenoxy) is 2. The number of sulfone groups is 1. The second-order valence-electron chi connectivity index (χ2n) is 6.42. The number of piperazine rings is 1. The zero-order chi connectivity index (χ0) is 20.7. The van der Waals surface area contributed by atoms with Gasteiger partial charge in [0.1, 0.15) is 9.84 Å². The highest BCUT2D eigenvalue weighted by Crippen LogP contribution is 2.29. The van der Waals surface area contributed by atoms with Crippen LogP contribution in [-0.2, 0) is 14.6 Å². The molecule has 0 saturated carbocycles. The summed E-state index contributed by atoms with van der Waals surface area (Å²) in [7, 11) is -1.66. The molecule has 7 nitrogen and oxygen atoms in total. The molecule has 0 unspecified atom stereocenters. The van der Waals surface area contributed by atoms with Crippen LogP contribution in [0.2, 0.25) is 0 Å². The summed E-state index contributed by atoms with van der Waals surface area (Å²) in [6, 6.07) is 4.41. The van der Waals surface area contributed by atoms with Gasteiger partial charge in [-0.1, -0.05) is 6.07 Å². The van der Waals surface area contributed by atoms with Crippen molar-refractivity contribution in [3.05, 3.63) is 29.8 Å². The van der Waals surface area contributed by atoms with E-state index in [1.165, 1.54) is 31.6 Å². The van der Waals surface area contributed by atoms with Gasteiger partial charge in [0.25, 0.3) is 0 Å². The molecular formula is C18H24F2N2O5S. The molecule has 1 amide bonds. The molecule has 0 spiro atoms. The molecule has 0 aromatic heterocycles. The lowest BCUT2D eigenvalue weighted by atomic mass is 10.2. The minimum Gasteiger partial charge on any atom is -0.493 e. The highest BCUT2D eigenvalue weighted by Gasteiger charge is 2.20. The summed E-state index contributed by atoms with van der Waals surface area (Å²) in [5.74, 6) is 0.00346.